The highest BCUT2D eigenvalue weighted by Crippen LogP contribution is 2.49. The lowest BCUT2D eigenvalue weighted by molar-refractivity contribution is -0.143. The molecule has 1 saturated carbocycles. The zero-order valence-corrected chi connectivity index (χ0v) is 9.62. The SMILES string of the molecule is COc1cccc(CC2(C(=O)O)CC2)c1C. The number of carbonyl (C=O) groups is 1. The fourth-order valence-electron chi connectivity index (χ4n) is 2.05. The molecule has 1 N–H and O–H groups in total. The summed E-state index contributed by atoms with van der Waals surface area (Å²) in [6.07, 6.45) is 2.20. The van der Waals surface area contributed by atoms with Gasteiger partial charge in [0, 0.05) is 0 Å². The Balaban J connectivity index is 2.25. The Labute approximate surface area is 95.0 Å². The maximum absolute atomic E-state index is 11.1. The zero-order valence-electron chi connectivity index (χ0n) is 9.62. The molecule has 1 aromatic carbocycles. The summed E-state index contributed by atoms with van der Waals surface area (Å²) in [7, 11) is 1.64. The first-order valence-electron chi connectivity index (χ1n) is 5.45. The van der Waals surface area contributed by atoms with Crippen LogP contribution in [0.5, 0.6) is 5.75 Å². The molecule has 0 aliphatic heterocycles. The number of ether oxygens (including phenoxy) is 1. The summed E-state index contributed by atoms with van der Waals surface area (Å²) in [5.74, 6) is 0.161. The third-order valence-electron chi connectivity index (χ3n) is 3.45. The van der Waals surface area contributed by atoms with Gasteiger partial charge in [0.15, 0.2) is 0 Å². The van der Waals surface area contributed by atoms with Gasteiger partial charge in [-0.05, 0) is 43.4 Å². The molecule has 3 nitrogen and oxygen atoms in total. The highest BCUT2D eigenvalue weighted by Gasteiger charge is 2.50. The van der Waals surface area contributed by atoms with Crippen molar-refractivity contribution in [2.75, 3.05) is 7.11 Å². The minimum Gasteiger partial charge on any atom is -0.496 e. The van der Waals surface area contributed by atoms with Crippen molar-refractivity contribution >= 4 is 5.97 Å². The van der Waals surface area contributed by atoms with E-state index in [0.717, 1.165) is 29.7 Å². The van der Waals surface area contributed by atoms with Crippen molar-refractivity contribution in [3.05, 3.63) is 29.3 Å². The van der Waals surface area contributed by atoms with Gasteiger partial charge in [0.1, 0.15) is 5.75 Å². The lowest BCUT2D eigenvalue weighted by Gasteiger charge is -2.14. The van der Waals surface area contributed by atoms with Gasteiger partial charge in [-0.2, -0.15) is 0 Å². The summed E-state index contributed by atoms with van der Waals surface area (Å²) >= 11 is 0. The van der Waals surface area contributed by atoms with E-state index in [1.807, 2.05) is 25.1 Å². The van der Waals surface area contributed by atoms with Gasteiger partial charge in [-0.15, -0.1) is 0 Å². The molecule has 1 aromatic rings. The monoisotopic (exact) mass is 220 g/mol. The highest BCUT2D eigenvalue weighted by molar-refractivity contribution is 5.78. The molecule has 1 aliphatic carbocycles. The number of benzene rings is 1. The number of carboxylic acid groups (broad SMARTS) is 1. The normalized spacial score (nSPS) is 16.9. The molecular formula is C13H16O3. The molecular weight excluding hydrogens is 204 g/mol. The van der Waals surface area contributed by atoms with Gasteiger partial charge in [-0.3, -0.25) is 4.79 Å². The highest BCUT2D eigenvalue weighted by atomic mass is 16.5. The molecule has 0 spiro atoms. The van der Waals surface area contributed by atoms with Crippen molar-refractivity contribution < 1.29 is 14.6 Å². The largest absolute Gasteiger partial charge is 0.496 e. The van der Waals surface area contributed by atoms with E-state index in [2.05, 4.69) is 0 Å². The van der Waals surface area contributed by atoms with Crippen molar-refractivity contribution in [3.8, 4) is 5.75 Å². The first-order valence-corrected chi connectivity index (χ1v) is 5.45. The molecule has 3 heteroatoms. The fraction of sp³-hybridized carbons (Fsp3) is 0.462. The van der Waals surface area contributed by atoms with Crippen molar-refractivity contribution in [3.63, 3.8) is 0 Å². The summed E-state index contributed by atoms with van der Waals surface area (Å²) in [6, 6.07) is 5.80. The lowest BCUT2D eigenvalue weighted by Crippen LogP contribution is -2.18. The third-order valence-corrected chi connectivity index (χ3v) is 3.45. The summed E-state index contributed by atoms with van der Waals surface area (Å²) in [6.45, 7) is 1.98. The van der Waals surface area contributed by atoms with Crippen LogP contribution in [-0.2, 0) is 11.2 Å². The Morgan fingerprint density at radius 3 is 2.69 bits per heavy atom. The average Bonchev–Trinajstić information content (AvgIpc) is 3.02. The Kier molecular flexibility index (Phi) is 2.62. The molecule has 86 valence electrons. The molecule has 1 fully saturated rings. The van der Waals surface area contributed by atoms with E-state index < -0.39 is 11.4 Å². The molecule has 0 saturated heterocycles. The molecule has 2 rings (SSSR count). The van der Waals surface area contributed by atoms with E-state index in [1.54, 1.807) is 7.11 Å². The Bertz CT molecular complexity index is 419. The zero-order chi connectivity index (χ0) is 11.8. The summed E-state index contributed by atoms with van der Waals surface area (Å²) in [5.41, 5.74) is 1.63. The standard InChI is InChI=1S/C13H16O3/c1-9-10(4-3-5-11(9)16-2)8-13(6-7-13)12(14)15/h3-5H,6-8H2,1-2H3,(H,14,15). The van der Waals surface area contributed by atoms with Crippen LogP contribution in [0.2, 0.25) is 0 Å². The van der Waals surface area contributed by atoms with Crippen LogP contribution in [0.25, 0.3) is 0 Å². The molecule has 0 radical (unpaired) electrons. The van der Waals surface area contributed by atoms with Crippen LogP contribution >= 0.6 is 0 Å². The topological polar surface area (TPSA) is 46.5 Å². The molecule has 0 amide bonds. The molecule has 0 atom stereocenters. The molecule has 0 bridgehead atoms. The minimum atomic E-state index is -0.672. The van der Waals surface area contributed by atoms with Crippen LogP contribution in [0.1, 0.15) is 24.0 Å². The Morgan fingerprint density at radius 2 is 2.19 bits per heavy atom. The van der Waals surface area contributed by atoms with Gasteiger partial charge >= 0.3 is 5.97 Å². The van der Waals surface area contributed by atoms with Crippen molar-refractivity contribution in [1.29, 1.82) is 0 Å². The van der Waals surface area contributed by atoms with E-state index in [4.69, 9.17) is 9.84 Å². The number of hydrogen-bond donors (Lipinski definition) is 1. The van der Waals surface area contributed by atoms with E-state index in [1.165, 1.54) is 0 Å². The van der Waals surface area contributed by atoms with Crippen molar-refractivity contribution in [1.82, 2.24) is 0 Å². The number of carboxylic acids is 1. The summed E-state index contributed by atoms with van der Waals surface area (Å²) in [5, 5.41) is 9.15. The second-order valence-electron chi connectivity index (χ2n) is 4.51. The maximum Gasteiger partial charge on any atom is 0.309 e. The predicted molar refractivity (Wildman–Crippen MR) is 60.7 cm³/mol. The van der Waals surface area contributed by atoms with Crippen LogP contribution in [0.4, 0.5) is 0 Å². The number of rotatable bonds is 4. The maximum atomic E-state index is 11.1. The van der Waals surface area contributed by atoms with Crippen molar-refractivity contribution in [2.45, 2.75) is 26.2 Å². The van der Waals surface area contributed by atoms with Gasteiger partial charge in [-0.1, -0.05) is 12.1 Å². The first kappa shape index (κ1) is 11.0. The van der Waals surface area contributed by atoms with Gasteiger partial charge < -0.3 is 9.84 Å². The summed E-state index contributed by atoms with van der Waals surface area (Å²) < 4.78 is 5.23. The van der Waals surface area contributed by atoms with Crippen LogP contribution in [-0.4, -0.2) is 18.2 Å². The predicted octanol–water partition coefficient (Wildman–Crippen LogP) is 2.41. The second kappa shape index (κ2) is 3.81. The van der Waals surface area contributed by atoms with Crippen LogP contribution in [0, 0.1) is 12.3 Å². The molecule has 1 aliphatic rings. The van der Waals surface area contributed by atoms with Gasteiger partial charge in [0.2, 0.25) is 0 Å². The molecule has 0 unspecified atom stereocenters. The van der Waals surface area contributed by atoms with Crippen molar-refractivity contribution in [2.24, 2.45) is 5.41 Å². The van der Waals surface area contributed by atoms with Gasteiger partial charge in [0.05, 0.1) is 12.5 Å². The number of methoxy groups -OCH3 is 1. The molecule has 0 heterocycles. The van der Waals surface area contributed by atoms with Gasteiger partial charge in [0.25, 0.3) is 0 Å². The van der Waals surface area contributed by atoms with E-state index in [-0.39, 0.29) is 0 Å². The number of aliphatic carboxylic acids is 1. The third kappa shape index (κ3) is 1.77. The fourth-order valence-corrected chi connectivity index (χ4v) is 2.05. The van der Waals surface area contributed by atoms with Crippen LogP contribution in [0.3, 0.4) is 0 Å². The smallest absolute Gasteiger partial charge is 0.309 e. The quantitative estimate of drug-likeness (QED) is 0.847. The van der Waals surface area contributed by atoms with Crippen LogP contribution < -0.4 is 4.74 Å². The molecule has 0 aromatic heterocycles. The minimum absolute atomic E-state index is 0.503. The van der Waals surface area contributed by atoms with E-state index in [0.29, 0.717) is 6.42 Å². The van der Waals surface area contributed by atoms with Gasteiger partial charge in [-0.25, -0.2) is 0 Å². The average molecular weight is 220 g/mol. The number of hydrogen-bond acceptors (Lipinski definition) is 2. The van der Waals surface area contributed by atoms with E-state index in [9.17, 15) is 4.79 Å². The Morgan fingerprint density at radius 1 is 1.50 bits per heavy atom. The van der Waals surface area contributed by atoms with E-state index >= 15 is 0 Å². The second-order valence-corrected chi connectivity index (χ2v) is 4.51. The first-order chi connectivity index (χ1) is 7.59. The Hall–Kier alpha value is -1.51. The summed E-state index contributed by atoms with van der Waals surface area (Å²) in [4.78, 5) is 11.1. The van der Waals surface area contributed by atoms with Crippen LogP contribution in [0.15, 0.2) is 18.2 Å². The molecule has 16 heavy (non-hydrogen) atoms. The lowest BCUT2D eigenvalue weighted by atomic mass is 9.93.